The minimum atomic E-state index is -3.89. The number of ether oxygens (including phenoxy) is 1. The van der Waals surface area contributed by atoms with E-state index in [1.165, 1.54) is 24.5 Å². The molecule has 3 aromatic rings. The fourth-order valence-corrected chi connectivity index (χ4v) is 5.64. The second kappa shape index (κ2) is 7.77. The highest BCUT2D eigenvalue weighted by molar-refractivity contribution is 7.92. The lowest BCUT2D eigenvalue weighted by Crippen LogP contribution is -2.14. The van der Waals surface area contributed by atoms with Crippen molar-refractivity contribution in [2.45, 2.75) is 36.6 Å². The predicted molar refractivity (Wildman–Crippen MR) is 112 cm³/mol. The molecule has 1 saturated carbocycles. The van der Waals surface area contributed by atoms with Gasteiger partial charge in [0.05, 0.1) is 23.7 Å². The van der Waals surface area contributed by atoms with Crippen LogP contribution in [0.1, 0.15) is 31.7 Å². The van der Waals surface area contributed by atoms with Gasteiger partial charge in [-0.15, -0.1) is 11.3 Å². The average Bonchev–Trinajstić information content (AvgIpc) is 3.40. The maximum atomic E-state index is 13.3. The van der Waals surface area contributed by atoms with Gasteiger partial charge < -0.3 is 4.74 Å². The Balaban J connectivity index is 1.77. The second-order valence-electron chi connectivity index (χ2n) is 6.69. The number of aromatic nitrogens is 2. The van der Waals surface area contributed by atoms with Crippen molar-refractivity contribution in [1.82, 2.24) is 9.78 Å². The monoisotopic (exact) mass is 437 g/mol. The number of thiophene rings is 1. The van der Waals surface area contributed by atoms with E-state index in [4.69, 9.17) is 16.3 Å². The number of benzene rings is 1. The lowest BCUT2D eigenvalue weighted by molar-refractivity contribution is 0.417. The maximum Gasteiger partial charge on any atom is 0.265 e. The molecule has 1 aromatic carbocycles. The Morgan fingerprint density at radius 2 is 2.07 bits per heavy atom. The van der Waals surface area contributed by atoms with Crippen LogP contribution in [-0.2, 0) is 10.0 Å². The summed E-state index contributed by atoms with van der Waals surface area (Å²) in [6.07, 6.45) is 5.95. The molecule has 0 bridgehead atoms. The van der Waals surface area contributed by atoms with Crippen LogP contribution in [0.25, 0.3) is 10.6 Å². The highest BCUT2D eigenvalue weighted by Gasteiger charge is 2.28. The molecule has 0 unspecified atom stereocenters. The smallest absolute Gasteiger partial charge is 0.265 e. The maximum absolute atomic E-state index is 13.3. The van der Waals surface area contributed by atoms with E-state index in [0.29, 0.717) is 22.2 Å². The van der Waals surface area contributed by atoms with Gasteiger partial charge in [0, 0.05) is 11.2 Å². The van der Waals surface area contributed by atoms with Crippen LogP contribution in [0.4, 0.5) is 5.69 Å². The van der Waals surface area contributed by atoms with Crippen molar-refractivity contribution in [2.75, 3.05) is 11.8 Å². The van der Waals surface area contributed by atoms with Crippen molar-refractivity contribution in [2.24, 2.45) is 0 Å². The van der Waals surface area contributed by atoms with Crippen molar-refractivity contribution in [3.05, 3.63) is 46.9 Å². The van der Waals surface area contributed by atoms with Crippen LogP contribution in [0.5, 0.6) is 5.75 Å². The molecule has 1 fully saturated rings. The molecular formula is C19H20ClN3O3S2. The van der Waals surface area contributed by atoms with Gasteiger partial charge in [0.25, 0.3) is 10.0 Å². The van der Waals surface area contributed by atoms with Crippen molar-refractivity contribution in [3.8, 4) is 16.3 Å². The molecule has 0 atom stereocenters. The standard InChI is InChI=1S/C19H20ClN3O3S2/c1-26-16-9-8-13(20)11-15(16)22-28(24,25)18-12-23(14-5-2-3-6-14)21-19(18)17-7-4-10-27-17/h4,7-12,14,22H,2-3,5-6H2,1H3. The summed E-state index contributed by atoms with van der Waals surface area (Å²) in [6, 6.07) is 8.81. The first kappa shape index (κ1) is 19.3. The van der Waals surface area contributed by atoms with E-state index in [-0.39, 0.29) is 10.9 Å². The summed E-state index contributed by atoms with van der Waals surface area (Å²) in [4.78, 5) is 0.971. The average molecular weight is 438 g/mol. The highest BCUT2D eigenvalue weighted by atomic mass is 35.5. The molecule has 0 radical (unpaired) electrons. The summed E-state index contributed by atoms with van der Waals surface area (Å²) in [5, 5.41) is 6.98. The van der Waals surface area contributed by atoms with Crippen molar-refractivity contribution in [1.29, 1.82) is 0 Å². The molecule has 0 amide bonds. The van der Waals surface area contributed by atoms with Crippen LogP contribution < -0.4 is 9.46 Å². The molecule has 0 saturated heterocycles. The number of nitrogens with one attached hydrogen (secondary N) is 1. The number of methoxy groups -OCH3 is 1. The first-order chi connectivity index (χ1) is 13.5. The third-order valence-electron chi connectivity index (χ3n) is 4.85. The second-order valence-corrected chi connectivity index (χ2v) is 9.72. The van der Waals surface area contributed by atoms with Gasteiger partial charge in [-0.2, -0.15) is 5.10 Å². The molecule has 2 aromatic heterocycles. The molecule has 1 N–H and O–H groups in total. The topological polar surface area (TPSA) is 73.2 Å². The van der Waals surface area contributed by atoms with Crippen molar-refractivity contribution < 1.29 is 13.2 Å². The molecule has 4 rings (SSSR count). The number of nitrogens with zero attached hydrogens (tertiary/aromatic N) is 2. The summed E-state index contributed by atoms with van der Waals surface area (Å²) < 4.78 is 36.2. The van der Waals surface area contributed by atoms with Gasteiger partial charge in [0.1, 0.15) is 16.3 Å². The first-order valence-corrected chi connectivity index (χ1v) is 11.7. The van der Waals surface area contributed by atoms with Crippen molar-refractivity contribution >= 4 is 38.6 Å². The van der Waals surface area contributed by atoms with Gasteiger partial charge >= 0.3 is 0 Å². The quantitative estimate of drug-likeness (QED) is 0.575. The molecule has 1 aliphatic carbocycles. The summed E-state index contributed by atoms with van der Waals surface area (Å²) in [6.45, 7) is 0. The number of halogens is 1. The molecule has 6 nitrogen and oxygen atoms in total. The number of sulfonamides is 1. The van der Waals surface area contributed by atoms with Gasteiger partial charge in [-0.1, -0.05) is 30.5 Å². The molecule has 1 aliphatic rings. The van der Waals surface area contributed by atoms with E-state index in [0.717, 1.165) is 30.6 Å². The Bertz CT molecular complexity index is 1070. The fraction of sp³-hybridized carbons (Fsp3) is 0.316. The van der Waals surface area contributed by atoms with Crippen LogP contribution in [-0.4, -0.2) is 25.3 Å². The first-order valence-electron chi connectivity index (χ1n) is 8.97. The Morgan fingerprint density at radius 1 is 1.29 bits per heavy atom. The van der Waals surface area contributed by atoms with E-state index in [9.17, 15) is 8.42 Å². The minimum Gasteiger partial charge on any atom is -0.495 e. The molecule has 148 valence electrons. The highest BCUT2D eigenvalue weighted by Crippen LogP contribution is 2.36. The molecule has 2 heterocycles. The molecular weight excluding hydrogens is 418 g/mol. The van der Waals surface area contributed by atoms with Crippen LogP contribution in [0.3, 0.4) is 0 Å². The number of hydrogen-bond acceptors (Lipinski definition) is 5. The zero-order chi connectivity index (χ0) is 19.7. The largest absolute Gasteiger partial charge is 0.495 e. The molecule has 0 aliphatic heterocycles. The lowest BCUT2D eigenvalue weighted by atomic mass is 10.3. The fourth-order valence-electron chi connectivity index (χ4n) is 3.47. The van der Waals surface area contributed by atoms with Crippen LogP contribution in [0, 0.1) is 0 Å². The Kier molecular flexibility index (Phi) is 5.35. The normalized spacial score (nSPS) is 15.1. The lowest BCUT2D eigenvalue weighted by Gasteiger charge is -2.12. The van der Waals surface area contributed by atoms with Gasteiger partial charge in [-0.25, -0.2) is 8.42 Å². The summed E-state index contributed by atoms with van der Waals surface area (Å²) in [7, 11) is -2.41. The zero-order valence-electron chi connectivity index (χ0n) is 15.3. The third kappa shape index (κ3) is 3.76. The van der Waals surface area contributed by atoms with Gasteiger partial charge in [0.2, 0.25) is 0 Å². The molecule has 0 spiro atoms. The summed E-state index contributed by atoms with van der Waals surface area (Å²) in [5.41, 5.74) is 0.760. The minimum absolute atomic E-state index is 0.156. The third-order valence-corrected chi connectivity index (χ3v) is 7.33. The summed E-state index contributed by atoms with van der Waals surface area (Å²) in [5.74, 6) is 0.397. The van der Waals surface area contributed by atoms with E-state index in [2.05, 4.69) is 9.82 Å². The Labute approximate surface area is 173 Å². The van der Waals surface area contributed by atoms with E-state index in [1.807, 2.05) is 22.2 Å². The van der Waals surface area contributed by atoms with E-state index < -0.39 is 10.0 Å². The Hall–Kier alpha value is -2.03. The van der Waals surface area contributed by atoms with Crippen molar-refractivity contribution in [3.63, 3.8) is 0 Å². The van der Waals surface area contributed by atoms with Gasteiger partial charge in [-0.05, 0) is 42.5 Å². The number of rotatable bonds is 6. The van der Waals surface area contributed by atoms with Gasteiger partial charge in [-0.3, -0.25) is 9.40 Å². The summed E-state index contributed by atoms with van der Waals surface area (Å²) >= 11 is 7.51. The van der Waals surface area contributed by atoms with Crippen LogP contribution in [0.2, 0.25) is 5.02 Å². The molecule has 9 heteroatoms. The number of anilines is 1. The predicted octanol–water partition coefficient (Wildman–Crippen LogP) is 5.19. The van der Waals surface area contributed by atoms with Gasteiger partial charge in [0.15, 0.2) is 0 Å². The number of hydrogen-bond donors (Lipinski definition) is 1. The molecule has 28 heavy (non-hydrogen) atoms. The van der Waals surface area contributed by atoms with Crippen LogP contribution >= 0.6 is 22.9 Å². The SMILES string of the molecule is COc1ccc(Cl)cc1NS(=O)(=O)c1cn(C2CCCC2)nc1-c1cccs1. The van der Waals surface area contributed by atoms with E-state index >= 15 is 0 Å². The van der Waals surface area contributed by atoms with E-state index in [1.54, 1.807) is 18.3 Å². The van der Waals surface area contributed by atoms with Crippen LogP contribution in [0.15, 0.2) is 46.8 Å². The Morgan fingerprint density at radius 3 is 2.75 bits per heavy atom. The zero-order valence-corrected chi connectivity index (χ0v) is 17.6.